The number of rotatable bonds is 6. The van der Waals surface area contributed by atoms with Crippen LogP contribution in [0.3, 0.4) is 0 Å². The molecular weight excluding hydrogens is 470 g/mol. The number of nitrogens with one attached hydrogen (secondary N) is 1. The monoisotopic (exact) mass is 497 g/mol. The number of carbonyl (C=O) groups excluding carboxylic acids is 3. The molecule has 3 heterocycles. The van der Waals surface area contributed by atoms with Gasteiger partial charge in [0, 0.05) is 40.1 Å². The van der Waals surface area contributed by atoms with Gasteiger partial charge in [-0.1, -0.05) is 12.1 Å². The van der Waals surface area contributed by atoms with Crippen molar-refractivity contribution >= 4 is 40.5 Å². The van der Waals surface area contributed by atoms with Gasteiger partial charge in [-0.25, -0.2) is 19.6 Å². The number of ether oxygens (including phenoxy) is 4. The lowest BCUT2D eigenvalue weighted by atomic mass is 10.0. The van der Waals surface area contributed by atoms with Gasteiger partial charge in [-0.05, 0) is 18.2 Å². The molecule has 1 N–H and O–H groups in total. The van der Waals surface area contributed by atoms with E-state index in [2.05, 4.69) is 15.3 Å². The standard InChI is InChI=1S/C24H27N5O7/c1-14(30)34-15-11-19(23(31)33-4)36-20(12-15)35-18-8-6-5-7-17(18)28(3)24(32)29-10-9-16-21(25-2)26-13-27-22(16)29/h5-10,13,15,19-20H,11-12H2,1-4H3,(H,25,26,27)/t15-,19-,20+/m0/s1. The summed E-state index contributed by atoms with van der Waals surface area (Å²) in [6, 6.07) is 8.29. The van der Waals surface area contributed by atoms with Crippen LogP contribution in [-0.4, -0.2) is 72.2 Å². The fourth-order valence-electron chi connectivity index (χ4n) is 4.08. The minimum absolute atomic E-state index is 0.156. The maximum absolute atomic E-state index is 13.4. The molecule has 0 saturated carbocycles. The van der Waals surface area contributed by atoms with Gasteiger partial charge in [-0.3, -0.25) is 14.3 Å². The summed E-state index contributed by atoms with van der Waals surface area (Å²) in [5, 5.41) is 3.68. The van der Waals surface area contributed by atoms with Gasteiger partial charge < -0.3 is 24.3 Å². The first-order valence-corrected chi connectivity index (χ1v) is 11.3. The van der Waals surface area contributed by atoms with Crippen LogP contribution in [0.4, 0.5) is 16.3 Å². The molecule has 1 aliphatic rings. The molecule has 0 aliphatic carbocycles. The Morgan fingerprint density at radius 3 is 2.67 bits per heavy atom. The number of para-hydroxylation sites is 2. The van der Waals surface area contributed by atoms with Crippen LogP contribution in [0, 0.1) is 0 Å². The van der Waals surface area contributed by atoms with Crippen LogP contribution >= 0.6 is 0 Å². The summed E-state index contributed by atoms with van der Waals surface area (Å²) in [5.74, 6) is -0.120. The Hall–Kier alpha value is -4.19. The molecule has 0 bridgehead atoms. The van der Waals surface area contributed by atoms with Crippen molar-refractivity contribution in [1.29, 1.82) is 0 Å². The summed E-state index contributed by atoms with van der Waals surface area (Å²) in [4.78, 5) is 46.9. The van der Waals surface area contributed by atoms with Crippen LogP contribution in [-0.2, 0) is 23.8 Å². The second-order valence-electron chi connectivity index (χ2n) is 8.10. The van der Waals surface area contributed by atoms with E-state index in [1.807, 2.05) is 0 Å². The lowest BCUT2D eigenvalue weighted by Crippen LogP contribution is -2.44. The summed E-state index contributed by atoms with van der Waals surface area (Å²) in [6.07, 6.45) is 0.884. The predicted octanol–water partition coefficient (Wildman–Crippen LogP) is 2.57. The third kappa shape index (κ3) is 5.08. The van der Waals surface area contributed by atoms with E-state index in [4.69, 9.17) is 18.9 Å². The average molecular weight is 498 g/mol. The van der Waals surface area contributed by atoms with Gasteiger partial charge in [0.1, 0.15) is 24.0 Å². The number of aromatic nitrogens is 3. The van der Waals surface area contributed by atoms with Gasteiger partial charge in [0.15, 0.2) is 11.8 Å². The minimum atomic E-state index is -0.961. The summed E-state index contributed by atoms with van der Waals surface area (Å²) in [5.41, 5.74) is 0.908. The Morgan fingerprint density at radius 1 is 1.17 bits per heavy atom. The number of fused-ring (bicyclic) bond motifs is 1. The molecule has 3 atom stereocenters. The van der Waals surface area contributed by atoms with Crippen LogP contribution in [0.2, 0.25) is 0 Å². The number of amides is 1. The third-order valence-corrected chi connectivity index (χ3v) is 5.74. The zero-order chi connectivity index (χ0) is 25.8. The van der Waals surface area contributed by atoms with Crippen molar-refractivity contribution in [3.05, 3.63) is 42.9 Å². The highest BCUT2D eigenvalue weighted by molar-refractivity contribution is 6.01. The first-order chi connectivity index (χ1) is 17.3. The van der Waals surface area contributed by atoms with Crippen molar-refractivity contribution < 1.29 is 33.3 Å². The van der Waals surface area contributed by atoms with Crippen molar-refractivity contribution in [2.75, 3.05) is 31.4 Å². The van der Waals surface area contributed by atoms with Crippen LogP contribution in [0.5, 0.6) is 5.75 Å². The number of nitrogens with zero attached hydrogens (tertiary/aromatic N) is 4. The van der Waals surface area contributed by atoms with Crippen LogP contribution in [0.25, 0.3) is 11.0 Å². The third-order valence-electron chi connectivity index (χ3n) is 5.74. The number of esters is 2. The molecule has 0 radical (unpaired) electrons. The zero-order valence-electron chi connectivity index (χ0n) is 20.3. The predicted molar refractivity (Wildman–Crippen MR) is 129 cm³/mol. The van der Waals surface area contributed by atoms with Crippen molar-refractivity contribution in [2.45, 2.75) is 38.3 Å². The normalized spacial score (nSPS) is 19.4. The van der Waals surface area contributed by atoms with Gasteiger partial charge in [-0.15, -0.1) is 0 Å². The summed E-state index contributed by atoms with van der Waals surface area (Å²) in [6.45, 7) is 1.30. The maximum Gasteiger partial charge on any atom is 0.335 e. The fraction of sp³-hybridized carbons (Fsp3) is 0.375. The van der Waals surface area contributed by atoms with E-state index in [0.717, 1.165) is 0 Å². The highest BCUT2D eigenvalue weighted by Crippen LogP contribution is 2.33. The van der Waals surface area contributed by atoms with Crippen LogP contribution in [0.15, 0.2) is 42.9 Å². The second-order valence-corrected chi connectivity index (χ2v) is 8.10. The number of anilines is 2. The number of benzene rings is 1. The number of hydrogen-bond acceptors (Lipinski definition) is 10. The van der Waals surface area contributed by atoms with E-state index >= 15 is 0 Å². The lowest BCUT2D eigenvalue weighted by molar-refractivity contribution is -0.204. The summed E-state index contributed by atoms with van der Waals surface area (Å²) >= 11 is 0. The SMILES string of the molecule is CNc1ncnc2c1ccn2C(=O)N(C)c1ccccc1O[C@H]1C[C@@H](OC(C)=O)C[C@@H](C(=O)OC)O1. The molecule has 36 heavy (non-hydrogen) atoms. The summed E-state index contributed by atoms with van der Waals surface area (Å²) in [7, 11) is 4.60. The Kier molecular flexibility index (Phi) is 7.34. The molecular formula is C24H27N5O7. The first kappa shape index (κ1) is 24.9. The van der Waals surface area contributed by atoms with E-state index in [1.165, 1.54) is 29.8 Å². The molecule has 1 fully saturated rings. The summed E-state index contributed by atoms with van der Waals surface area (Å²) < 4.78 is 23.4. The van der Waals surface area contributed by atoms with Crippen LogP contribution in [0.1, 0.15) is 19.8 Å². The van der Waals surface area contributed by atoms with Crippen molar-refractivity contribution in [1.82, 2.24) is 14.5 Å². The Morgan fingerprint density at radius 2 is 1.94 bits per heavy atom. The molecule has 2 aromatic heterocycles. The van der Waals surface area contributed by atoms with Gasteiger partial charge in [0.05, 0.1) is 18.2 Å². The second kappa shape index (κ2) is 10.6. The molecule has 1 amide bonds. The Bertz CT molecular complexity index is 1280. The highest BCUT2D eigenvalue weighted by atomic mass is 16.7. The average Bonchev–Trinajstić information content (AvgIpc) is 3.31. The lowest BCUT2D eigenvalue weighted by Gasteiger charge is -2.34. The number of hydrogen-bond donors (Lipinski definition) is 1. The molecule has 190 valence electrons. The molecule has 4 rings (SSSR count). The molecule has 1 aromatic carbocycles. The molecule has 12 nitrogen and oxygen atoms in total. The van der Waals surface area contributed by atoms with Crippen molar-refractivity contribution in [3.63, 3.8) is 0 Å². The van der Waals surface area contributed by atoms with E-state index in [-0.39, 0.29) is 18.9 Å². The van der Waals surface area contributed by atoms with Gasteiger partial charge >= 0.3 is 18.0 Å². The molecule has 1 aliphatic heterocycles. The van der Waals surface area contributed by atoms with Gasteiger partial charge in [0.25, 0.3) is 0 Å². The molecule has 0 unspecified atom stereocenters. The molecule has 0 spiro atoms. The topological polar surface area (TPSA) is 134 Å². The molecule has 12 heteroatoms. The van der Waals surface area contributed by atoms with Crippen molar-refractivity contribution in [2.24, 2.45) is 0 Å². The van der Waals surface area contributed by atoms with Gasteiger partial charge in [-0.2, -0.15) is 0 Å². The maximum atomic E-state index is 13.4. The Balaban J connectivity index is 1.58. The van der Waals surface area contributed by atoms with E-state index in [1.54, 1.807) is 50.6 Å². The largest absolute Gasteiger partial charge is 0.467 e. The van der Waals surface area contributed by atoms with Gasteiger partial charge in [0.2, 0.25) is 6.29 Å². The zero-order valence-corrected chi connectivity index (χ0v) is 20.3. The van der Waals surface area contributed by atoms with Crippen molar-refractivity contribution in [3.8, 4) is 5.75 Å². The molecule has 3 aromatic rings. The van der Waals surface area contributed by atoms with E-state index in [9.17, 15) is 14.4 Å². The van der Waals surface area contributed by atoms with Crippen LogP contribution < -0.4 is 15.0 Å². The first-order valence-electron chi connectivity index (χ1n) is 11.3. The Labute approximate surface area is 207 Å². The molecule has 1 saturated heterocycles. The quantitative estimate of drug-likeness (QED) is 0.506. The number of methoxy groups -OCH3 is 1. The van der Waals surface area contributed by atoms with E-state index in [0.29, 0.717) is 28.3 Å². The fourth-order valence-corrected chi connectivity index (χ4v) is 4.08. The number of carbonyl (C=O) groups is 3. The highest BCUT2D eigenvalue weighted by Gasteiger charge is 2.37. The minimum Gasteiger partial charge on any atom is -0.467 e. The smallest absolute Gasteiger partial charge is 0.335 e. The van der Waals surface area contributed by atoms with E-state index < -0.39 is 30.4 Å².